The molecular weight excluding hydrogens is 759 g/mol. The van der Waals surface area contributed by atoms with Crippen LogP contribution < -0.4 is 4.90 Å². The number of fused-ring (bicyclic) bond motifs is 12. The highest BCUT2D eigenvalue weighted by Gasteiger charge is 2.56. The van der Waals surface area contributed by atoms with Gasteiger partial charge in [-0.25, -0.2) is 0 Å². The summed E-state index contributed by atoms with van der Waals surface area (Å²) in [4.78, 5) is 2.54. The van der Waals surface area contributed by atoms with Crippen LogP contribution in [0.3, 0.4) is 0 Å². The van der Waals surface area contributed by atoms with Crippen LogP contribution >= 0.6 is 0 Å². The summed E-state index contributed by atoms with van der Waals surface area (Å²) in [5.74, 6) is 1.51. The molecule has 3 unspecified atom stereocenters. The number of hydrogen-bond acceptors (Lipinski definition) is 1. The molecule has 0 radical (unpaired) electrons. The molecule has 0 aliphatic heterocycles. The second-order valence-electron chi connectivity index (χ2n) is 19.2. The van der Waals surface area contributed by atoms with Gasteiger partial charge in [-0.05, 0) is 145 Å². The zero-order valence-corrected chi connectivity index (χ0v) is 36.0. The minimum atomic E-state index is -0.106. The van der Waals surface area contributed by atoms with Crippen molar-refractivity contribution in [3.8, 4) is 55.6 Å². The summed E-state index contributed by atoms with van der Waals surface area (Å²) in [6.45, 7) is 4.78. The van der Waals surface area contributed by atoms with Crippen LogP contribution in [0.15, 0.2) is 200 Å². The predicted molar refractivity (Wildman–Crippen MR) is 264 cm³/mol. The quantitative estimate of drug-likeness (QED) is 0.162. The molecule has 9 aromatic rings. The summed E-state index contributed by atoms with van der Waals surface area (Å²) in [6.07, 6.45) is 5.32. The Hall–Kier alpha value is -6.96. The highest BCUT2D eigenvalue weighted by Crippen LogP contribution is 2.66. The van der Waals surface area contributed by atoms with Gasteiger partial charge in [-0.2, -0.15) is 0 Å². The number of rotatable bonds is 6. The fourth-order valence-corrected chi connectivity index (χ4v) is 13.1. The summed E-state index contributed by atoms with van der Waals surface area (Å²) >= 11 is 0. The van der Waals surface area contributed by atoms with E-state index in [1.54, 1.807) is 5.56 Å². The third-order valence-electron chi connectivity index (χ3n) is 15.7. The molecule has 0 aromatic heterocycles. The average molecular weight is 808 g/mol. The van der Waals surface area contributed by atoms with Gasteiger partial charge < -0.3 is 4.90 Å². The Morgan fingerprint density at radius 1 is 0.429 bits per heavy atom. The lowest BCUT2D eigenvalue weighted by Crippen LogP contribution is -2.32. The second kappa shape index (κ2) is 13.8. The number of nitrogens with zero attached hydrogens (tertiary/aromatic N) is 1. The van der Waals surface area contributed by atoms with Gasteiger partial charge in [0.2, 0.25) is 0 Å². The SMILES string of the molecule is CC1(C)c2ccccc2-c2cccc(-c3ccccc3-c3ccc(N(c4ccc5c(c4)C4(CC6CCC4C6)c4ccccc4-5)c4ccccc4-c4cccc5ccccc45)cc3)c21. The summed E-state index contributed by atoms with van der Waals surface area (Å²) in [6, 6.07) is 75.6. The Kier molecular flexibility index (Phi) is 8.02. The van der Waals surface area contributed by atoms with Crippen LogP contribution in [0.1, 0.15) is 61.8 Å². The van der Waals surface area contributed by atoms with Crippen LogP contribution in [0.5, 0.6) is 0 Å². The molecule has 0 heterocycles. The minimum absolute atomic E-state index is 0.0901. The van der Waals surface area contributed by atoms with Gasteiger partial charge in [-0.3, -0.25) is 0 Å². The Morgan fingerprint density at radius 3 is 1.78 bits per heavy atom. The maximum Gasteiger partial charge on any atom is 0.0540 e. The highest BCUT2D eigenvalue weighted by atomic mass is 15.1. The van der Waals surface area contributed by atoms with E-state index in [-0.39, 0.29) is 10.8 Å². The van der Waals surface area contributed by atoms with Gasteiger partial charge in [0.15, 0.2) is 0 Å². The van der Waals surface area contributed by atoms with E-state index in [1.165, 1.54) is 120 Å². The van der Waals surface area contributed by atoms with Crippen molar-refractivity contribution in [1.29, 1.82) is 0 Å². The summed E-state index contributed by atoms with van der Waals surface area (Å²) in [7, 11) is 0. The molecule has 3 atom stereocenters. The van der Waals surface area contributed by atoms with Gasteiger partial charge in [0, 0.05) is 27.8 Å². The van der Waals surface area contributed by atoms with Crippen molar-refractivity contribution >= 4 is 27.8 Å². The van der Waals surface area contributed by atoms with Crippen LogP contribution in [0, 0.1) is 11.8 Å². The number of hydrogen-bond donors (Lipinski definition) is 0. The Labute approximate surface area is 371 Å². The van der Waals surface area contributed by atoms with Crippen molar-refractivity contribution in [3.63, 3.8) is 0 Å². The lowest BCUT2D eigenvalue weighted by molar-refractivity contribution is 0.327. The molecule has 0 saturated heterocycles. The molecule has 0 N–H and O–H groups in total. The van der Waals surface area contributed by atoms with E-state index in [0.29, 0.717) is 5.92 Å². The molecule has 13 rings (SSSR count). The van der Waals surface area contributed by atoms with Crippen LogP contribution in [-0.4, -0.2) is 0 Å². The Morgan fingerprint density at radius 2 is 1.00 bits per heavy atom. The molecule has 2 bridgehead atoms. The van der Waals surface area contributed by atoms with E-state index in [4.69, 9.17) is 0 Å². The Bertz CT molecular complexity index is 3290. The average Bonchev–Trinajstić information content (AvgIpc) is 4.09. The lowest BCUT2D eigenvalue weighted by atomic mass is 9.67. The molecule has 302 valence electrons. The molecule has 4 aliphatic rings. The zero-order valence-electron chi connectivity index (χ0n) is 36.0. The van der Waals surface area contributed by atoms with Gasteiger partial charge in [-0.15, -0.1) is 0 Å². The van der Waals surface area contributed by atoms with Gasteiger partial charge in [-0.1, -0.05) is 190 Å². The molecule has 1 heteroatoms. The van der Waals surface area contributed by atoms with E-state index in [2.05, 4.69) is 219 Å². The van der Waals surface area contributed by atoms with Gasteiger partial charge in [0.25, 0.3) is 0 Å². The smallest absolute Gasteiger partial charge is 0.0540 e. The lowest BCUT2D eigenvalue weighted by Gasteiger charge is -2.37. The summed E-state index contributed by atoms with van der Waals surface area (Å²) in [5.41, 5.74) is 22.5. The van der Waals surface area contributed by atoms with Crippen molar-refractivity contribution in [2.24, 2.45) is 11.8 Å². The van der Waals surface area contributed by atoms with Crippen molar-refractivity contribution in [1.82, 2.24) is 0 Å². The van der Waals surface area contributed by atoms with Crippen molar-refractivity contribution in [2.45, 2.75) is 50.4 Å². The summed E-state index contributed by atoms with van der Waals surface area (Å²) in [5, 5.41) is 2.52. The highest BCUT2D eigenvalue weighted by molar-refractivity contribution is 6.02. The number of benzene rings is 9. The first-order valence-electron chi connectivity index (χ1n) is 23.0. The standard InChI is InChI=1S/C62H49N/c1-61(2)56-26-10-7-21-51(56)55-25-14-24-54(60(55)61)49-19-6-5-18-47(49)42-30-33-44(34-31-42)63(59-28-12-9-22-53(59)48-23-13-16-41-15-3-4-17-46(41)48)45-35-36-52-50-20-8-11-27-57(50)62(58(52)38-45)39-40-29-32-43(62)37-40/h3-28,30-31,33-36,38,40,43H,29,32,37,39H2,1-2H3. The summed E-state index contributed by atoms with van der Waals surface area (Å²) < 4.78 is 0. The molecule has 1 spiro atoms. The topological polar surface area (TPSA) is 3.24 Å². The van der Waals surface area contributed by atoms with Crippen LogP contribution in [0.25, 0.3) is 66.4 Å². The number of para-hydroxylation sites is 1. The first-order valence-corrected chi connectivity index (χ1v) is 23.0. The van der Waals surface area contributed by atoms with Gasteiger partial charge in [0.05, 0.1) is 5.69 Å². The monoisotopic (exact) mass is 807 g/mol. The minimum Gasteiger partial charge on any atom is -0.310 e. The van der Waals surface area contributed by atoms with E-state index in [1.807, 2.05) is 0 Å². The molecule has 4 aliphatic carbocycles. The second-order valence-corrected chi connectivity index (χ2v) is 19.2. The molecule has 2 fully saturated rings. The fourth-order valence-electron chi connectivity index (χ4n) is 13.1. The van der Waals surface area contributed by atoms with Crippen molar-refractivity contribution < 1.29 is 0 Å². The molecule has 2 saturated carbocycles. The maximum atomic E-state index is 2.59. The first-order chi connectivity index (χ1) is 31.0. The first kappa shape index (κ1) is 36.7. The van der Waals surface area contributed by atoms with Crippen LogP contribution in [-0.2, 0) is 10.8 Å². The van der Waals surface area contributed by atoms with E-state index >= 15 is 0 Å². The third-order valence-corrected chi connectivity index (χ3v) is 15.7. The predicted octanol–water partition coefficient (Wildman–Crippen LogP) is 16.7. The molecule has 0 amide bonds. The largest absolute Gasteiger partial charge is 0.310 e. The molecular formula is C62H49N. The maximum absolute atomic E-state index is 2.59. The molecule has 1 nitrogen and oxygen atoms in total. The normalized spacial score (nSPS) is 19.5. The third kappa shape index (κ3) is 5.29. The van der Waals surface area contributed by atoms with Gasteiger partial charge in [0.1, 0.15) is 0 Å². The Balaban J connectivity index is 0.980. The number of anilines is 3. The van der Waals surface area contributed by atoms with Crippen molar-refractivity contribution in [3.05, 3.63) is 222 Å². The fraction of sp³-hybridized carbons (Fsp3) is 0.161. The van der Waals surface area contributed by atoms with E-state index in [0.717, 1.165) is 11.6 Å². The molecule has 63 heavy (non-hydrogen) atoms. The van der Waals surface area contributed by atoms with E-state index in [9.17, 15) is 0 Å². The van der Waals surface area contributed by atoms with Gasteiger partial charge >= 0.3 is 0 Å². The van der Waals surface area contributed by atoms with Crippen LogP contribution in [0.4, 0.5) is 17.1 Å². The zero-order chi connectivity index (χ0) is 41.9. The van der Waals surface area contributed by atoms with Crippen LogP contribution in [0.2, 0.25) is 0 Å². The molecule has 9 aromatic carbocycles. The van der Waals surface area contributed by atoms with Crippen molar-refractivity contribution in [2.75, 3.05) is 4.90 Å². The van der Waals surface area contributed by atoms with E-state index < -0.39 is 0 Å².